The van der Waals surface area contributed by atoms with E-state index in [2.05, 4.69) is 0 Å². The lowest BCUT2D eigenvalue weighted by molar-refractivity contribution is -0.144. The first kappa shape index (κ1) is 17.3. The fourth-order valence-corrected chi connectivity index (χ4v) is 2.44. The highest BCUT2D eigenvalue weighted by molar-refractivity contribution is 5.90. The van der Waals surface area contributed by atoms with Gasteiger partial charge in [0.1, 0.15) is 5.75 Å². The monoisotopic (exact) mass is 321 g/mol. The molecule has 0 aliphatic carbocycles. The average Bonchev–Trinajstić information content (AvgIpc) is 2.58. The molecule has 1 aromatic rings. The SMILES string of the molecule is COc1ccc([C@H]2C=C(C(N)=O)O[C@@H](OCCCCO)C2)cc1. The molecule has 0 bridgehead atoms. The van der Waals surface area contributed by atoms with Crippen molar-refractivity contribution < 1.29 is 24.1 Å². The standard InChI is InChI=1S/C17H23NO5/c1-21-14-6-4-12(5-7-14)13-10-15(17(18)20)23-16(11-13)22-9-3-2-8-19/h4-7,10,13,16,19H,2-3,8-9,11H2,1H3,(H2,18,20)/t13-,16+/m0/s1. The van der Waals surface area contributed by atoms with E-state index in [1.54, 1.807) is 13.2 Å². The van der Waals surface area contributed by atoms with Crippen molar-refractivity contribution in [3.05, 3.63) is 41.7 Å². The van der Waals surface area contributed by atoms with Gasteiger partial charge in [0.2, 0.25) is 6.29 Å². The van der Waals surface area contributed by atoms with E-state index < -0.39 is 12.2 Å². The fraction of sp³-hybridized carbons (Fsp3) is 0.471. The van der Waals surface area contributed by atoms with Gasteiger partial charge in [-0.1, -0.05) is 12.1 Å². The van der Waals surface area contributed by atoms with Gasteiger partial charge in [0.05, 0.1) is 13.7 Å². The molecular formula is C17H23NO5. The van der Waals surface area contributed by atoms with E-state index in [-0.39, 0.29) is 18.3 Å². The van der Waals surface area contributed by atoms with Crippen molar-refractivity contribution in [1.82, 2.24) is 0 Å². The van der Waals surface area contributed by atoms with Gasteiger partial charge in [-0.2, -0.15) is 0 Å². The van der Waals surface area contributed by atoms with Crippen LogP contribution in [0.3, 0.4) is 0 Å². The number of nitrogens with two attached hydrogens (primary N) is 1. The number of benzene rings is 1. The molecule has 1 aliphatic heterocycles. The highest BCUT2D eigenvalue weighted by atomic mass is 16.7. The fourth-order valence-electron chi connectivity index (χ4n) is 2.44. The third-order valence-electron chi connectivity index (χ3n) is 3.70. The summed E-state index contributed by atoms with van der Waals surface area (Å²) in [6.45, 7) is 0.600. The second-order valence-corrected chi connectivity index (χ2v) is 5.36. The predicted molar refractivity (Wildman–Crippen MR) is 84.8 cm³/mol. The van der Waals surface area contributed by atoms with Crippen LogP contribution < -0.4 is 10.5 Å². The molecule has 0 saturated carbocycles. The lowest BCUT2D eigenvalue weighted by Gasteiger charge is -2.28. The predicted octanol–water partition coefficient (Wildman–Crippen LogP) is 1.68. The Hall–Kier alpha value is -2.05. The molecule has 1 aliphatic rings. The van der Waals surface area contributed by atoms with Crippen LogP contribution in [-0.4, -0.2) is 37.6 Å². The van der Waals surface area contributed by atoms with Crippen LogP contribution >= 0.6 is 0 Å². The molecule has 0 saturated heterocycles. The molecule has 1 amide bonds. The number of allylic oxidation sites excluding steroid dienone is 1. The Balaban J connectivity index is 2.07. The summed E-state index contributed by atoms with van der Waals surface area (Å²) in [6, 6.07) is 7.65. The number of rotatable bonds is 8. The lowest BCUT2D eigenvalue weighted by atomic mass is 9.93. The maximum atomic E-state index is 11.5. The number of aliphatic hydroxyl groups excluding tert-OH is 1. The number of unbranched alkanes of at least 4 members (excludes halogenated alkanes) is 1. The molecule has 6 heteroatoms. The van der Waals surface area contributed by atoms with Gasteiger partial charge in [0, 0.05) is 18.9 Å². The van der Waals surface area contributed by atoms with Crippen LogP contribution in [-0.2, 0) is 14.3 Å². The minimum atomic E-state index is -0.604. The van der Waals surface area contributed by atoms with Crippen molar-refractivity contribution in [2.75, 3.05) is 20.3 Å². The van der Waals surface area contributed by atoms with Crippen LogP contribution in [0, 0.1) is 0 Å². The zero-order valence-corrected chi connectivity index (χ0v) is 13.2. The first-order chi connectivity index (χ1) is 11.1. The number of ether oxygens (including phenoxy) is 3. The van der Waals surface area contributed by atoms with Gasteiger partial charge in [-0.05, 0) is 36.6 Å². The van der Waals surface area contributed by atoms with Crippen LogP contribution in [0.5, 0.6) is 5.75 Å². The Bertz CT molecular complexity index is 540. The highest BCUT2D eigenvalue weighted by Gasteiger charge is 2.27. The molecule has 126 valence electrons. The maximum absolute atomic E-state index is 11.5. The number of hydrogen-bond donors (Lipinski definition) is 2. The molecule has 0 aromatic heterocycles. The van der Waals surface area contributed by atoms with Crippen LogP contribution in [0.25, 0.3) is 0 Å². The smallest absolute Gasteiger partial charge is 0.283 e. The van der Waals surface area contributed by atoms with Crippen molar-refractivity contribution in [1.29, 1.82) is 0 Å². The van der Waals surface area contributed by atoms with E-state index in [0.717, 1.165) is 17.7 Å². The van der Waals surface area contributed by atoms with E-state index in [4.69, 9.17) is 25.1 Å². The van der Waals surface area contributed by atoms with Crippen molar-refractivity contribution in [2.45, 2.75) is 31.5 Å². The Labute approximate surface area is 135 Å². The van der Waals surface area contributed by atoms with Crippen molar-refractivity contribution in [2.24, 2.45) is 5.73 Å². The van der Waals surface area contributed by atoms with Crippen LogP contribution in [0.2, 0.25) is 0 Å². The van der Waals surface area contributed by atoms with Gasteiger partial charge in [-0.25, -0.2) is 0 Å². The van der Waals surface area contributed by atoms with Crippen molar-refractivity contribution >= 4 is 5.91 Å². The summed E-state index contributed by atoms with van der Waals surface area (Å²) in [5.74, 6) is 0.285. The summed E-state index contributed by atoms with van der Waals surface area (Å²) in [4.78, 5) is 11.5. The average molecular weight is 321 g/mol. The third-order valence-corrected chi connectivity index (χ3v) is 3.70. The van der Waals surface area contributed by atoms with E-state index in [1.165, 1.54) is 0 Å². The third kappa shape index (κ3) is 4.97. The van der Waals surface area contributed by atoms with Crippen LogP contribution in [0.15, 0.2) is 36.1 Å². The molecule has 0 radical (unpaired) electrons. The summed E-state index contributed by atoms with van der Waals surface area (Å²) in [5, 5.41) is 8.78. The zero-order chi connectivity index (χ0) is 16.7. The molecule has 23 heavy (non-hydrogen) atoms. The molecule has 1 aromatic carbocycles. The molecule has 0 spiro atoms. The number of amides is 1. The Morgan fingerprint density at radius 1 is 1.35 bits per heavy atom. The van der Waals surface area contributed by atoms with Crippen LogP contribution in [0.1, 0.15) is 30.7 Å². The summed E-state index contributed by atoms with van der Waals surface area (Å²) in [5.41, 5.74) is 6.39. The largest absolute Gasteiger partial charge is 0.497 e. The van der Waals surface area contributed by atoms with Crippen LogP contribution in [0.4, 0.5) is 0 Å². The maximum Gasteiger partial charge on any atom is 0.283 e. The molecule has 0 unspecified atom stereocenters. The van der Waals surface area contributed by atoms with E-state index in [1.807, 2.05) is 24.3 Å². The van der Waals surface area contributed by atoms with Crippen molar-refractivity contribution in [3.8, 4) is 5.75 Å². The summed E-state index contributed by atoms with van der Waals surface area (Å²) in [6.07, 6.45) is 3.22. The molecule has 2 atom stereocenters. The summed E-state index contributed by atoms with van der Waals surface area (Å²) < 4.78 is 16.3. The van der Waals surface area contributed by atoms with E-state index in [9.17, 15) is 4.79 Å². The van der Waals surface area contributed by atoms with Gasteiger partial charge >= 0.3 is 0 Å². The minimum absolute atomic E-state index is 0.0139. The van der Waals surface area contributed by atoms with Gasteiger partial charge in [0.25, 0.3) is 5.91 Å². The number of methoxy groups -OCH3 is 1. The summed E-state index contributed by atoms with van der Waals surface area (Å²) in [7, 11) is 1.62. The van der Waals surface area contributed by atoms with Gasteiger partial charge in [0.15, 0.2) is 5.76 Å². The van der Waals surface area contributed by atoms with Crippen molar-refractivity contribution in [3.63, 3.8) is 0 Å². The Morgan fingerprint density at radius 3 is 2.70 bits per heavy atom. The zero-order valence-electron chi connectivity index (χ0n) is 13.2. The molecular weight excluding hydrogens is 298 g/mol. The van der Waals surface area contributed by atoms with E-state index >= 15 is 0 Å². The van der Waals surface area contributed by atoms with Gasteiger partial charge in [-0.15, -0.1) is 0 Å². The molecule has 0 fully saturated rings. The Morgan fingerprint density at radius 2 is 2.09 bits per heavy atom. The number of carbonyl (C=O) groups excluding carboxylic acids is 1. The number of hydrogen-bond acceptors (Lipinski definition) is 5. The lowest BCUT2D eigenvalue weighted by Crippen LogP contribution is -2.29. The van der Waals surface area contributed by atoms with Gasteiger partial charge < -0.3 is 25.1 Å². The molecule has 2 rings (SSSR count). The molecule has 3 N–H and O–H groups in total. The first-order valence-corrected chi connectivity index (χ1v) is 7.68. The topological polar surface area (TPSA) is 91.0 Å². The summed E-state index contributed by atoms with van der Waals surface area (Å²) >= 11 is 0. The second-order valence-electron chi connectivity index (χ2n) is 5.36. The van der Waals surface area contributed by atoms with Gasteiger partial charge in [-0.3, -0.25) is 4.79 Å². The quantitative estimate of drug-likeness (QED) is 0.711. The first-order valence-electron chi connectivity index (χ1n) is 7.68. The Kier molecular flexibility index (Phi) is 6.43. The highest BCUT2D eigenvalue weighted by Crippen LogP contribution is 2.32. The number of carbonyl (C=O) groups is 1. The number of aliphatic hydroxyl groups is 1. The molecule has 1 heterocycles. The molecule has 6 nitrogen and oxygen atoms in total. The minimum Gasteiger partial charge on any atom is -0.497 e. The number of primary amides is 1. The second kappa shape index (κ2) is 8.55. The van der Waals surface area contributed by atoms with E-state index in [0.29, 0.717) is 19.4 Å². The normalized spacial score (nSPS) is 20.5.